The molecule has 6 nitrogen and oxygen atoms in total. The van der Waals surface area contributed by atoms with Gasteiger partial charge in [-0.3, -0.25) is 10.1 Å². The Morgan fingerprint density at radius 1 is 1.45 bits per heavy atom. The number of nitrogens with one attached hydrogen (secondary N) is 2. The van der Waals surface area contributed by atoms with E-state index in [1.54, 1.807) is 6.07 Å². The van der Waals surface area contributed by atoms with Crippen molar-refractivity contribution in [2.24, 2.45) is 0 Å². The fourth-order valence-electron chi connectivity index (χ4n) is 1.27. The predicted octanol–water partition coefficient (Wildman–Crippen LogP) is 1.31. The smallest absolute Gasteiger partial charge is 0.321 e. The molecule has 2 N–H and O–H groups in total. The number of carbonyl (C=O) groups is 2. The zero-order chi connectivity index (χ0) is 15.0. The van der Waals surface area contributed by atoms with E-state index in [2.05, 4.69) is 10.6 Å². The van der Waals surface area contributed by atoms with Gasteiger partial charge in [-0.05, 0) is 18.6 Å². The maximum Gasteiger partial charge on any atom is 0.321 e. The number of rotatable bonds is 5. The molecule has 0 fully saturated rings. The molecule has 1 aromatic rings. The van der Waals surface area contributed by atoms with Gasteiger partial charge < -0.3 is 10.1 Å². The molecule has 0 bridgehead atoms. The fraction of sp³-hybridized carbons (Fsp3) is 0.308. The second kappa shape index (κ2) is 7.74. The monoisotopic (exact) mass is 279 g/mol. The number of carbonyl (C=O) groups excluding carboxylic acids is 2. The van der Waals surface area contributed by atoms with Crippen molar-refractivity contribution in [3.8, 4) is 11.8 Å². The lowest BCUT2D eigenvalue weighted by atomic mass is 10.2. The zero-order valence-electron chi connectivity index (χ0n) is 10.9. The van der Waals surface area contributed by atoms with Crippen molar-refractivity contribution < 1.29 is 18.7 Å². The number of nitriles is 1. The normalized spacial score (nSPS) is 9.45. The highest BCUT2D eigenvalue weighted by Gasteiger charge is 2.09. The fourth-order valence-corrected chi connectivity index (χ4v) is 1.27. The third kappa shape index (κ3) is 4.94. The minimum atomic E-state index is -0.730. The Bertz CT molecular complexity index is 540. The number of hydrogen-bond donors (Lipinski definition) is 2. The van der Waals surface area contributed by atoms with E-state index in [-0.39, 0.29) is 11.3 Å². The second-order valence-corrected chi connectivity index (χ2v) is 3.85. The summed E-state index contributed by atoms with van der Waals surface area (Å²) in [6, 6.07) is 4.68. The van der Waals surface area contributed by atoms with Gasteiger partial charge >= 0.3 is 6.03 Å². The summed E-state index contributed by atoms with van der Waals surface area (Å²) in [5.41, 5.74) is -0.110. The Labute approximate surface area is 115 Å². The maximum atomic E-state index is 13.3. The van der Waals surface area contributed by atoms with Crippen molar-refractivity contribution in [3.63, 3.8) is 0 Å². The molecular weight excluding hydrogens is 265 g/mol. The molecule has 0 aromatic heterocycles. The van der Waals surface area contributed by atoms with Crippen LogP contribution in [-0.2, 0) is 4.79 Å². The molecule has 7 heteroatoms. The van der Waals surface area contributed by atoms with Gasteiger partial charge in [0.05, 0.1) is 5.56 Å². The lowest BCUT2D eigenvalue weighted by molar-refractivity contribution is -0.122. The van der Waals surface area contributed by atoms with Gasteiger partial charge in [0.25, 0.3) is 5.91 Å². The van der Waals surface area contributed by atoms with Gasteiger partial charge in [-0.25, -0.2) is 9.18 Å². The molecule has 3 amide bonds. The van der Waals surface area contributed by atoms with Crippen molar-refractivity contribution in [2.45, 2.75) is 13.3 Å². The Morgan fingerprint density at radius 2 is 2.20 bits per heavy atom. The highest BCUT2D eigenvalue weighted by Crippen LogP contribution is 2.15. The third-order valence-electron chi connectivity index (χ3n) is 2.22. The quantitative estimate of drug-likeness (QED) is 0.850. The molecule has 0 atom stereocenters. The van der Waals surface area contributed by atoms with E-state index < -0.39 is 24.4 Å². The number of halogens is 1. The minimum Gasteiger partial charge on any atom is -0.484 e. The molecule has 1 rings (SSSR count). The van der Waals surface area contributed by atoms with E-state index in [1.165, 1.54) is 12.1 Å². The topological polar surface area (TPSA) is 91.2 Å². The van der Waals surface area contributed by atoms with Crippen LogP contribution in [-0.4, -0.2) is 25.1 Å². The zero-order valence-corrected chi connectivity index (χ0v) is 10.9. The van der Waals surface area contributed by atoms with Crippen LogP contribution in [0.2, 0.25) is 0 Å². The number of benzene rings is 1. The summed E-state index contributed by atoms with van der Waals surface area (Å²) in [6.07, 6.45) is 0.753. The average Bonchev–Trinajstić information content (AvgIpc) is 2.43. The summed E-state index contributed by atoms with van der Waals surface area (Å²) in [5.74, 6) is -1.28. The van der Waals surface area contributed by atoms with Gasteiger partial charge in [0.2, 0.25) is 0 Å². The Kier molecular flexibility index (Phi) is 5.97. The first-order valence-corrected chi connectivity index (χ1v) is 5.97. The van der Waals surface area contributed by atoms with Crippen LogP contribution in [0.15, 0.2) is 18.2 Å². The lowest BCUT2D eigenvalue weighted by Crippen LogP contribution is -2.41. The van der Waals surface area contributed by atoms with Crippen molar-refractivity contribution >= 4 is 11.9 Å². The molecule has 20 heavy (non-hydrogen) atoms. The Hall–Kier alpha value is -2.62. The SMILES string of the molecule is CCCNC(=O)NC(=O)COc1ccc(C#N)c(F)c1. The van der Waals surface area contributed by atoms with Crippen LogP contribution in [0, 0.1) is 17.1 Å². The second-order valence-electron chi connectivity index (χ2n) is 3.85. The summed E-state index contributed by atoms with van der Waals surface area (Å²) in [7, 11) is 0. The van der Waals surface area contributed by atoms with Crippen LogP contribution in [0.1, 0.15) is 18.9 Å². The number of urea groups is 1. The minimum absolute atomic E-state index is 0.102. The number of nitrogens with zero attached hydrogens (tertiary/aromatic N) is 1. The van der Waals surface area contributed by atoms with E-state index in [4.69, 9.17) is 10.00 Å². The number of amides is 3. The first-order chi connectivity index (χ1) is 9.56. The first kappa shape index (κ1) is 15.4. The molecule has 0 heterocycles. The molecule has 0 aliphatic heterocycles. The van der Waals surface area contributed by atoms with Gasteiger partial charge in [0, 0.05) is 12.6 Å². The van der Waals surface area contributed by atoms with Gasteiger partial charge in [0.15, 0.2) is 6.61 Å². The van der Waals surface area contributed by atoms with Crippen LogP contribution in [0.4, 0.5) is 9.18 Å². The highest BCUT2D eigenvalue weighted by atomic mass is 19.1. The van der Waals surface area contributed by atoms with Gasteiger partial charge in [-0.2, -0.15) is 5.26 Å². The molecule has 0 aliphatic carbocycles. The molecule has 106 valence electrons. The van der Waals surface area contributed by atoms with E-state index >= 15 is 0 Å². The molecule has 0 unspecified atom stereocenters. The van der Waals surface area contributed by atoms with Crippen LogP contribution < -0.4 is 15.4 Å². The van der Waals surface area contributed by atoms with E-state index in [0.717, 1.165) is 12.5 Å². The van der Waals surface area contributed by atoms with Crippen molar-refractivity contribution in [2.75, 3.05) is 13.2 Å². The Morgan fingerprint density at radius 3 is 2.80 bits per heavy atom. The Balaban J connectivity index is 2.43. The van der Waals surface area contributed by atoms with Crippen LogP contribution in [0.25, 0.3) is 0 Å². The molecule has 0 saturated heterocycles. The van der Waals surface area contributed by atoms with Gasteiger partial charge in [-0.1, -0.05) is 6.92 Å². The molecule has 0 spiro atoms. The summed E-state index contributed by atoms with van der Waals surface area (Å²) in [5, 5.41) is 13.1. The summed E-state index contributed by atoms with van der Waals surface area (Å²) >= 11 is 0. The predicted molar refractivity (Wildman–Crippen MR) is 68.4 cm³/mol. The average molecular weight is 279 g/mol. The molecular formula is C13H14FN3O3. The van der Waals surface area contributed by atoms with Crippen molar-refractivity contribution in [3.05, 3.63) is 29.6 Å². The number of ether oxygens (including phenoxy) is 1. The van der Waals surface area contributed by atoms with Crippen molar-refractivity contribution in [1.82, 2.24) is 10.6 Å². The number of imide groups is 1. The summed E-state index contributed by atoms with van der Waals surface area (Å²) in [4.78, 5) is 22.5. The third-order valence-corrected chi connectivity index (χ3v) is 2.22. The molecule has 0 aliphatic rings. The van der Waals surface area contributed by atoms with Crippen LogP contribution >= 0.6 is 0 Å². The van der Waals surface area contributed by atoms with Crippen molar-refractivity contribution in [1.29, 1.82) is 5.26 Å². The summed E-state index contributed by atoms with van der Waals surface area (Å²) < 4.78 is 18.3. The van der Waals surface area contributed by atoms with E-state index in [0.29, 0.717) is 6.54 Å². The molecule has 1 aromatic carbocycles. The highest BCUT2D eigenvalue weighted by molar-refractivity contribution is 5.94. The van der Waals surface area contributed by atoms with Gasteiger partial charge in [-0.15, -0.1) is 0 Å². The van der Waals surface area contributed by atoms with Crippen LogP contribution in [0.3, 0.4) is 0 Å². The van der Waals surface area contributed by atoms with Crippen LogP contribution in [0.5, 0.6) is 5.75 Å². The maximum absolute atomic E-state index is 13.3. The van der Waals surface area contributed by atoms with E-state index in [9.17, 15) is 14.0 Å². The standard InChI is InChI=1S/C13H14FN3O3/c1-2-5-16-13(19)17-12(18)8-20-10-4-3-9(7-15)11(14)6-10/h3-4,6H,2,5,8H2,1H3,(H2,16,17,18,19). The van der Waals surface area contributed by atoms with Gasteiger partial charge in [0.1, 0.15) is 17.6 Å². The molecule has 0 saturated carbocycles. The number of hydrogen-bond acceptors (Lipinski definition) is 4. The largest absolute Gasteiger partial charge is 0.484 e. The van der Waals surface area contributed by atoms with E-state index in [1.807, 2.05) is 6.92 Å². The lowest BCUT2D eigenvalue weighted by Gasteiger charge is -2.07. The molecule has 0 radical (unpaired) electrons. The summed E-state index contributed by atoms with van der Waals surface area (Å²) in [6.45, 7) is 1.91. The first-order valence-electron chi connectivity index (χ1n) is 5.97.